The van der Waals surface area contributed by atoms with Crippen LogP contribution >= 0.6 is 0 Å². The number of amides is 1. The Labute approximate surface area is 145 Å². The number of carbonyl (C=O) groups excluding carboxylic acids is 1. The summed E-state index contributed by atoms with van der Waals surface area (Å²) in [5, 5.41) is 8.34. The van der Waals surface area contributed by atoms with Gasteiger partial charge < -0.3 is 19.1 Å². The Morgan fingerprint density at radius 2 is 2.20 bits per heavy atom. The number of hydrogen-bond acceptors (Lipinski definition) is 6. The SMILES string of the molecule is COC[C@H]1c2nnn(C)c2CCN1C(=O)Cc1ccc2c(c1)OCO2. The first kappa shape index (κ1) is 15.9. The van der Waals surface area contributed by atoms with Gasteiger partial charge in [0.2, 0.25) is 12.7 Å². The van der Waals surface area contributed by atoms with Crippen LogP contribution in [0.3, 0.4) is 0 Å². The summed E-state index contributed by atoms with van der Waals surface area (Å²) >= 11 is 0. The van der Waals surface area contributed by atoms with Crippen molar-refractivity contribution < 1.29 is 19.0 Å². The zero-order valence-corrected chi connectivity index (χ0v) is 14.3. The number of aromatic nitrogens is 3. The zero-order chi connectivity index (χ0) is 17.4. The normalized spacial score (nSPS) is 18.3. The first-order valence-electron chi connectivity index (χ1n) is 8.22. The Morgan fingerprint density at radius 1 is 1.36 bits per heavy atom. The molecule has 1 aromatic heterocycles. The van der Waals surface area contributed by atoms with Crippen molar-refractivity contribution in [2.75, 3.05) is 27.1 Å². The van der Waals surface area contributed by atoms with Crippen LogP contribution in [0.15, 0.2) is 18.2 Å². The van der Waals surface area contributed by atoms with E-state index in [0.717, 1.165) is 29.1 Å². The molecule has 0 aliphatic carbocycles. The summed E-state index contributed by atoms with van der Waals surface area (Å²) < 4.78 is 17.8. The van der Waals surface area contributed by atoms with E-state index < -0.39 is 0 Å². The largest absolute Gasteiger partial charge is 0.454 e. The lowest BCUT2D eigenvalue weighted by atomic mass is 10.0. The van der Waals surface area contributed by atoms with E-state index in [9.17, 15) is 4.79 Å². The molecule has 0 saturated carbocycles. The van der Waals surface area contributed by atoms with Gasteiger partial charge >= 0.3 is 0 Å². The predicted molar refractivity (Wildman–Crippen MR) is 87.3 cm³/mol. The minimum absolute atomic E-state index is 0.0391. The van der Waals surface area contributed by atoms with Crippen LogP contribution in [0, 0.1) is 0 Å². The summed E-state index contributed by atoms with van der Waals surface area (Å²) in [4.78, 5) is 14.8. The maximum absolute atomic E-state index is 12.9. The summed E-state index contributed by atoms with van der Waals surface area (Å²) in [5.41, 5.74) is 2.79. The Balaban J connectivity index is 1.54. The fourth-order valence-corrected chi connectivity index (χ4v) is 3.42. The van der Waals surface area contributed by atoms with Crippen molar-refractivity contribution in [3.63, 3.8) is 0 Å². The highest BCUT2D eigenvalue weighted by Gasteiger charge is 2.34. The molecule has 0 radical (unpaired) electrons. The van der Waals surface area contributed by atoms with Crippen LogP contribution in [0.25, 0.3) is 0 Å². The van der Waals surface area contributed by atoms with Crippen molar-refractivity contribution in [3.8, 4) is 11.5 Å². The van der Waals surface area contributed by atoms with E-state index in [0.29, 0.717) is 25.3 Å². The van der Waals surface area contributed by atoms with Crippen LogP contribution in [0.2, 0.25) is 0 Å². The molecule has 25 heavy (non-hydrogen) atoms. The van der Waals surface area contributed by atoms with E-state index in [4.69, 9.17) is 14.2 Å². The molecule has 2 aromatic rings. The number of rotatable bonds is 4. The van der Waals surface area contributed by atoms with E-state index in [1.807, 2.05) is 30.1 Å². The van der Waals surface area contributed by atoms with Gasteiger partial charge in [0.1, 0.15) is 11.7 Å². The molecule has 2 aliphatic rings. The monoisotopic (exact) mass is 344 g/mol. The fraction of sp³-hybridized carbons (Fsp3) is 0.471. The first-order chi connectivity index (χ1) is 12.2. The smallest absolute Gasteiger partial charge is 0.231 e. The number of fused-ring (bicyclic) bond motifs is 2. The molecule has 1 aromatic carbocycles. The Hall–Kier alpha value is -2.61. The van der Waals surface area contributed by atoms with Gasteiger partial charge in [0.05, 0.1) is 18.7 Å². The van der Waals surface area contributed by atoms with Crippen LogP contribution in [0.4, 0.5) is 0 Å². The standard InChI is InChI=1S/C17H20N4O4/c1-20-12-5-6-21(13(9-23-2)17(12)18-19-20)16(22)8-11-3-4-14-15(7-11)25-10-24-14/h3-4,7,13H,5-6,8-10H2,1-2H3/t13-/m0/s1. The van der Waals surface area contributed by atoms with Crippen LogP contribution in [-0.4, -0.2) is 52.9 Å². The quantitative estimate of drug-likeness (QED) is 0.819. The number of methoxy groups -OCH3 is 1. The highest BCUT2D eigenvalue weighted by Crippen LogP contribution is 2.33. The lowest BCUT2D eigenvalue weighted by Crippen LogP contribution is -2.43. The number of hydrogen-bond donors (Lipinski definition) is 0. The second-order valence-electron chi connectivity index (χ2n) is 6.22. The molecule has 0 unspecified atom stereocenters. The molecular formula is C17H20N4O4. The molecule has 0 spiro atoms. The molecule has 0 bridgehead atoms. The molecule has 4 rings (SSSR count). The molecule has 0 fully saturated rings. The number of benzene rings is 1. The Morgan fingerprint density at radius 3 is 3.04 bits per heavy atom. The van der Waals surface area contributed by atoms with Gasteiger partial charge in [-0.25, -0.2) is 0 Å². The van der Waals surface area contributed by atoms with Gasteiger partial charge in [-0.3, -0.25) is 9.48 Å². The highest BCUT2D eigenvalue weighted by molar-refractivity contribution is 5.79. The summed E-state index contributed by atoms with van der Waals surface area (Å²) in [6.45, 7) is 1.26. The maximum atomic E-state index is 12.9. The lowest BCUT2D eigenvalue weighted by molar-refractivity contribution is -0.134. The van der Waals surface area contributed by atoms with Crippen molar-refractivity contribution >= 4 is 5.91 Å². The van der Waals surface area contributed by atoms with Crippen molar-refractivity contribution in [2.45, 2.75) is 18.9 Å². The van der Waals surface area contributed by atoms with E-state index in [-0.39, 0.29) is 18.7 Å². The van der Waals surface area contributed by atoms with Gasteiger partial charge in [0.25, 0.3) is 0 Å². The summed E-state index contributed by atoms with van der Waals surface area (Å²) in [6.07, 6.45) is 1.04. The van der Waals surface area contributed by atoms with Crippen molar-refractivity contribution in [1.29, 1.82) is 0 Å². The van der Waals surface area contributed by atoms with Gasteiger partial charge in [-0.1, -0.05) is 11.3 Å². The van der Waals surface area contributed by atoms with E-state index in [1.54, 1.807) is 11.8 Å². The molecule has 3 heterocycles. The van der Waals surface area contributed by atoms with E-state index in [2.05, 4.69) is 10.3 Å². The van der Waals surface area contributed by atoms with Crippen LogP contribution in [0.1, 0.15) is 23.0 Å². The molecule has 8 nitrogen and oxygen atoms in total. The third-order valence-corrected chi connectivity index (χ3v) is 4.69. The summed E-state index contributed by atoms with van der Waals surface area (Å²) in [7, 11) is 3.50. The molecule has 1 atom stereocenters. The van der Waals surface area contributed by atoms with Crippen LogP contribution in [0.5, 0.6) is 11.5 Å². The molecule has 132 valence electrons. The molecule has 8 heteroatoms. The predicted octanol–water partition coefficient (Wildman–Crippen LogP) is 0.859. The van der Waals surface area contributed by atoms with Crippen molar-refractivity contribution in [3.05, 3.63) is 35.2 Å². The van der Waals surface area contributed by atoms with Crippen LogP contribution in [-0.2, 0) is 29.4 Å². The third kappa shape index (κ3) is 2.82. The second-order valence-corrected chi connectivity index (χ2v) is 6.22. The van der Waals surface area contributed by atoms with E-state index >= 15 is 0 Å². The summed E-state index contributed by atoms with van der Waals surface area (Å²) in [6, 6.07) is 5.40. The van der Waals surface area contributed by atoms with Gasteiger partial charge in [-0.2, -0.15) is 0 Å². The number of nitrogens with zero attached hydrogens (tertiary/aromatic N) is 4. The number of aryl methyl sites for hydroxylation is 1. The Bertz CT molecular complexity index is 804. The van der Waals surface area contributed by atoms with Gasteiger partial charge in [0, 0.05) is 27.1 Å². The minimum atomic E-state index is -0.205. The number of ether oxygens (including phenoxy) is 3. The van der Waals surface area contributed by atoms with Crippen molar-refractivity contribution in [1.82, 2.24) is 19.9 Å². The molecule has 2 aliphatic heterocycles. The molecular weight excluding hydrogens is 324 g/mol. The average molecular weight is 344 g/mol. The fourth-order valence-electron chi connectivity index (χ4n) is 3.42. The van der Waals surface area contributed by atoms with Crippen molar-refractivity contribution in [2.24, 2.45) is 7.05 Å². The van der Waals surface area contributed by atoms with Crippen LogP contribution < -0.4 is 9.47 Å². The highest BCUT2D eigenvalue weighted by atomic mass is 16.7. The Kier molecular flexibility index (Phi) is 4.04. The van der Waals surface area contributed by atoms with Gasteiger partial charge in [0.15, 0.2) is 11.5 Å². The summed E-state index contributed by atoms with van der Waals surface area (Å²) in [5.74, 6) is 1.45. The van der Waals surface area contributed by atoms with Gasteiger partial charge in [-0.05, 0) is 17.7 Å². The molecule has 0 N–H and O–H groups in total. The molecule has 0 saturated heterocycles. The first-order valence-corrected chi connectivity index (χ1v) is 8.22. The average Bonchev–Trinajstić information content (AvgIpc) is 3.22. The van der Waals surface area contributed by atoms with Gasteiger partial charge in [-0.15, -0.1) is 5.10 Å². The minimum Gasteiger partial charge on any atom is -0.454 e. The molecule has 1 amide bonds. The zero-order valence-electron chi connectivity index (χ0n) is 14.3. The number of carbonyl (C=O) groups is 1. The maximum Gasteiger partial charge on any atom is 0.231 e. The third-order valence-electron chi connectivity index (χ3n) is 4.69. The second kappa shape index (κ2) is 6.36. The topological polar surface area (TPSA) is 78.7 Å². The lowest BCUT2D eigenvalue weighted by Gasteiger charge is -2.34. The van der Waals surface area contributed by atoms with E-state index in [1.165, 1.54) is 0 Å².